The number of hydrogen-bond acceptors (Lipinski definition) is 4. The molecule has 1 N–H and O–H groups in total. The van der Waals surface area contributed by atoms with Gasteiger partial charge in [-0.05, 0) is 44.4 Å². The molecule has 1 heterocycles. The van der Waals surface area contributed by atoms with Gasteiger partial charge in [-0.3, -0.25) is 0 Å². The molecule has 2 rings (SSSR count). The molecule has 1 saturated heterocycles. The molecular formula is C16H24O4. The molecule has 4 nitrogen and oxygen atoms in total. The van der Waals surface area contributed by atoms with Crippen molar-refractivity contribution in [2.45, 2.75) is 51.1 Å². The summed E-state index contributed by atoms with van der Waals surface area (Å²) in [5.74, 6) is 0.786. The van der Waals surface area contributed by atoms with Crippen molar-refractivity contribution in [2.24, 2.45) is 0 Å². The molecule has 3 unspecified atom stereocenters. The minimum Gasteiger partial charge on any atom is -0.497 e. The van der Waals surface area contributed by atoms with Gasteiger partial charge in [-0.1, -0.05) is 12.1 Å². The lowest BCUT2D eigenvalue weighted by molar-refractivity contribution is -0.113. The first-order valence-corrected chi connectivity index (χ1v) is 7.17. The normalized spacial score (nSPS) is 28.1. The zero-order chi connectivity index (χ0) is 14.5. The number of ether oxygens (including phenoxy) is 3. The maximum absolute atomic E-state index is 10.1. The summed E-state index contributed by atoms with van der Waals surface area (Å²) in [6.07, 6.45) is 1.79. The highest BCUT2D eigenvalue weighted by Crippen LogP contribution is 2.24. The third-order valence-electron chi connectivity index (χ3n) is 3.64. The molecule has 0 bridgehead atoms. The average Bonchev–Trinajstić information content (AvgIpc) is 2.44. The van der Waals surface area contributed by atoms with Crippen molar-refractivity contribution < 1.29 is 19.3 Å². The number of aliphatic hydroxyl groups excluding tert-OH is 1. The van der Waals surface area contributed by atoms with Gasteiger partial charge >= 0.3 is 0 Å². The van der Waals surface area contributed by atoms with E-state index in [1.165, 1.54) is 0 Å². The molecule has 0 aliphatic carbocycles. The van der Waals surface area contributed by atoms with Gasteiger partial charge in [0.1, 0.15) is 11.9 Å². The van der Waals surface area contributed by atoms with Crippen LogP contribution in [0.3, 0.4) is 0 Å². The van der Waals surface area contributed by atoms with Gasteiger partial charge in [-0.15, -0.1) is 0 Å². The predicted octanol–water partition coefficient (Wildman–Crippen LogP) is 2.70. The topological polar surface area (TPSA) is 47.9 Å². The van der Waals surface area contributed by atoms with Gasteiger partial charge in [0.25, 0.3) is 0 Å². The molecule has 1 fully saturated rings. The van der Waals surface area contributed by atoms with Crippen molar-refractivity contribution in [3.8, 4) is 5.75 Å². The highest BCUT2D eigenvalue weighted by molar-refractivity contribution is 5.28. The van der Waals surface area contributed by atoms with Crippen LogP contribution in [0.15, 0.2) is 24.3 Å². The second-order valence-corrected chi connectivity index (χ2v) is 5.47. The van der Waals surface area contributed by atoms with E-state index in [2.05, 4.69) is 13.8 Å². The Bertz CT molecular complexity index is 393. The lowest BCUT2D eigenvalue weighted by Gasteiger charge is -2.32. The molecule has 0 spiro atoms. The van der Waals surface area contributed by atoms with Crippen molar-refractivity contribution in [3.63, 3.8) is 0 Å². The lowest BCUT2D eigenvalue weighted by atomic mass is 10.0. The third-order valence-corrected chi connectivity index (χ3v) is 3.64. The second kappa shape index (κ2) is 7.07. The summed E-state index contributed by atoms with van der Waals surface area (Å²) in [6, 6.07) is 7.42. The fraction of sp³-hybridized carbons (Fsp3) is 0.625. The van der Waals surface area contributed by atoms with Crippen LogP contribution in [0.2, 0.25) is 0 Å². The summed E-state index contributed by atoms with van der Waals surface area (Å²) < 4.78 is 16.6. The fourth-order valence-corrected chi connectivity index (χ4v) is 2.63. The lowest BCUT2D eigenvalue weighted by Crippen LogP contribution is -2.34. The van der Waals surface area contributed by atoms with Crippen LogP contribution in [0.4, 0.5) is 0 Å². The molecule has 0 amide bonds. The van der Waals surface area contributed by atoms with Crippen LogP contribution < -0.4 is 4.74 Å². The third kappa shape index (κ3) is 4.20. The molecular weight excluding hydrogens is 256 g/mol. The summed E-state index contributed by atoms with van der Waals surface area (Å²) in [5.41, 5.74) is 0.846. The molecule has 20 heavy (non-hydrogen) atoms. The molecule has 1 aromatic carbocycles. The minimum atomic E-state index is -0.602. The van der Waals surface area contributed by atoms with Crippen LogP contribution in [0.1, 0.15) is 38.4 Å². The van der Waals surface area contributed by atoms with Gasteiger partial charge in [0.15, 0.2) is 0 Å². The Hall–Kier alpha value is -1.10. The molecule has 0 saturated carbocycles. The zero-order valence-corrected chi connectivity index (χ0v) is 12.4. The Kier molecular flexibility index (Phi) is 5.40. The zero-order valence-electron chi connectivity index (χ0n) is 12.4. The molecule has 112 valence electrons. The summed E-state index contributed by atoms with van der Waals surface area (Å²) >= 11 is 0. The van der Waals surface area contributed by atoms with E-state index < -0.39 is 6.10 Å². The number of aliphatic hydroxyl groups is 1. The molecule has 1 aliphatic heterocycles. The summed E-state index contributed by atoms with van der Waals surface area (Å²) in [6.45, 7) is 4.44. The van der Waals surface area contributed by atoms with Crippen LogP contribution >= 0.6 is 0 Å². The average molecular weight is 280 g/mol. The molecule has 3 atom stereocenters. The molecule has 1 aromatic rings. The van der Waals surface area contributed by atoms with E-state index in [4.69, 9.17) is 14.2 Å². The van der Waals surface area contributed by atoms with Crippen molar-refractivity contribution in [1.82, 2.24) is 0 Å². The van der Waals surface area contributed by atoms with Crippen molar-refractivity contribution >= 4 is 0 Å². The number of hydrogen-bond donors (Lipinski definition) is 1. The number of methoxy groups -OCH3 is 1. The Morgan fingerprint density at radius 2 is 1.80 bits per heavy atom. The summed E-state index contributed by atoms with van der Waals surface area (Å²) in [7, 11) is 1.63. The maximum atomic E-state index is 10.1. The minimum absolute atomic E-state index is 0.168. The van der Waals surface area contributed by atoms with E-state index in [0.717, 1.165) is 24.2 Å². The first-order chi connectivity index (χ1) is 9.58. The Morgan fingerprint density at radius 1 is 1.20 bits per heavy atom. The van der Waals surface area contributed by atoms with E-state index in [0.29, 0.717) is 6.61 Å². The standard InChI is InChI=1S/C16H24O4/c1-11-8-15(9-12(2)20-11)19-10-16(17)13-4-6-14(18-3)7-5-13/h4-7,11-12,15-17H,8-10H2,1-3H3. The second-order valence-electron chi connectivity index (χ2n) is 5.47. The van der Waals surface area contributed by atoms with Gasteiger partial charge in [0.05, 0.1) is 32.0 Å². The number of benzene rings is 1. The van der Waals surface area contributed by atoms with E-state index in [1.54, 1.807) is 7.11 Å². The largest absolute Gasteiger partial charge is 0.497 e. The van der Waals surface area contributed by atoms with Gasteiger partial charge in [0, 0.05) is 0 Å². The highest BCUT2D eigenvalue weighted by atomic mass is 16.5. The van der Waals surface area contributed by atoms with E-state index in [9.17, 15) is 5.11 Å². The van der Waals surface area contributed by atoms with Crippen LogP contribution in [0.25, 0.3) is 0 Å². The van der Waals surface area contributed by atoms with Crippen LogP contribution in [0, 0.1) is 0 Å². The Balaban J connectivity index is 1.83. The van der Waals surface area contributed by atoms with Crippen molar-refractivity contribution in [2.75, 3.05) is 13.7 Å². The first-order valence-electron chi connectivity index (χ1n) is 7.17. The van der Waals surface area contributed by atoms with Gasteiger partial charge < -0.3 is 19.3 Å². The Labute approximate surface area is 120 Å². The van der Waals surface area contributed by atoms with Gasteiger partial charge in [-0.25, -0.2) is 0 Å². The number of rotatable bonds is 5. The van der Waals surface area contributed by atoms with Crippen LogP contribution in [-0.2, 0) is 9.47 Å². The fourth-order valence-electron chi connectivity index (χ4n) is 2.63. The Morgan fingerprint density at radius 3 is 2.35 bits per heavy atom. The molecule has 0 radical (unpaired) electrons. The predicted molar refractivity (Wildman–Crippen MR) is 76.9 cm³/mol. The highest BCUT2D eigenvalue weighted by Gasteiger charge is 2.25. The quantitative estimate of drug-likeness (QED) is 0.901. The SMILES string of the molecule is COc1ccc(C(O)COC2CC(C)OC(C)C2)cc1. The smallest absolute Gasteiger partial charge is 0.118 e. The van der Waals surface area contributed by atoms with Gasteiger partial charge in [0.2, 0.25) is 0 Å². The van der Waals surface area contributed by atoms with Crippen molar-refractivity contribution in [3.05, 3.63) is 29.8 Å². The van der Waals surface area contributed by atoms with E-state index >= 15 is 0 Å². The molecule has 0 aromatic heterocycles. The van der Waals surface area contributed by atoms with E-state index in [1.807, 2.05) is 24.3 Å². The molecule has 4 heteroatoms. The summed E-state index contributed by atoms with van der Waals surface area (Å²) in [4.78, 5) is 0. The monoisotopic (exact) mass is 280 g/mol. The van der Waals surface area contributed by atoms with Crippen LogP contribution in [-0.4, -0.2) is 37.1 Å². The summed E-state index contributed by atoms with van der Waals surface area (Å²) in [5, 5.41) is 10.1. The maximum Gasteiger partial charge on any atom is 0.118 e. The van der Waals surface area contributed by atoms with Crippen LogP contribution in [0.5, 0.6) is 5.75 Å². The van der Waals surface area contributed by atoms with Gasteiger partial charge in [-0.2, -0.15) is 0 Å². The first kappa shape index (κ1) is 15.3. The van der Waals surface area contributed by atoms with Crippen molar-refractivity contribution in [1.29, 1.82) is 0 Å². The van der Waals surface area contributed by atoms with E-state index in [-0.39, 0.29) is 18.3 Å². The molecule has 1 aliphatic rings.